The maximum atomic E-state index is 12.0. The van der Waals surface area contributed by atoms with Crippen LogP contribution in [0.3, 0.4) is 0 Å². The van der Waals surface area contributed by atoms with E-state index in [0.29, 0.717) is 6.42 Å². The van der Waals surface area contributed by atoms with Crippen molar-refractivity contribution in [1.82, 2.24) is 5.32 Å². The van der Waals surface area contributed by atoms with Gasteiger partial charge in [0.05, 0.1) is 6.10 Å². The third-order valence-electron chi connectivity index (χ3n) is 5.91. The molecule has 1 aliphatic carbocycles. The molecule has 4 nitrogen and oxygen atoms in total. The standard InChI is InChI=1S/C24H46N2O2/c1-2-3-4-5-6-8-11-16-21(27)17-12-9-7-10-13-20-24(28)26-23-19-15-14-18-22(23)25/h6,8,21-23,27H,2-5,7,9-20,25H2,1H3,(H,26,28)/b8-6-/t21-,22?,23?/m0/s1. The van der Waals surface area contributed by atoms with Crippen molar-refractivity contribution in [3.63, 3.8) is 0 Å². The highest BCUT2D eigenvalue weighted by molar-refractivity contribution is 5.76. The maximum Gasteiger partial charge on any atom is 0.220 e. The number of carbonyl (C=O) groups excluding carboxylic acids is 1. The molecular formula is C24H46N2O2. The van der Waals surface area contributed by atoms with Gasteiger partial charge in [0.1, 0.15) is 0 Å². The monoisotopic (exact) mass is 394 g/mol. The second-order valence-corrected chi connectivity index (χ2v) is 8.63. The molecule has 0 aliphatic heterocycles. The third-order valence-corrected chi connectivity index (χ3v) is 5.91. The normalized spacial score (nSPS) is 21.1. The molecule has 0 saturated heterocycles. The summed E-state index contributed by atoms with van der Waals surface area (Å²) in [5.41, 5.74) is 6.09. The number of carbonyl (C=O) groups is 1. The largest absolute Gasteiger partial charge is 0.393 e. The van der Waals surface area contributed by atoms with E-state index < -0.39 is 0 Å². The Morgan fingerprint density at radius 2 is 1.71 bits per heavy atom. The van der Waals surface area contributed by atoms with Gasteiger partial charge in [0.2, 0.25) is 5.91 Å². The minimum absolute atomic E-state index is 0.140. The van der Waals surface area contributed by atoms with Gasteiger partial charge in [-0.15, -0.1) is 0 Å². The van der Waals surface area contributed by atoms with Crippen molar-refractivity contribution in [2.75, 3.05) is 0 Å². The zero-order valence-electron chi connectivity index (χ0n) is 18.3. The number of rotatable bonds is 16. The lowest BCUT2D eigenvalue weighted by Gasteiger charge is -2.29. The molecule has 0 aromatic heterocycles. The van der Waals surface area contributed by atoms with Crippen LogP contribution in [0, 0.1) is 0 Å². The first-order valence-electron chi connectivity index (χ1n) is 12.0. The van der Waals surface area contributed by atoms with Crippen molar-refractivity contribution >= 4 is 5.91 Å². The van der Waals surface area contributed by atoms with Crippen LogP contribution in [0.5, 0.6) is 0 Å². The molecule has 2 unspecified atom stereocenters. The molecule has 164 valence electrons. The smallest absolute Gasteiger partial charge is 0.220 e. The van der Waals surface area contributed by atoms with Crippen LogP contribution in [-0.2, 0) is 4.79 Å². The Balaban J connectivity index is 1.89. The number of allylic oxidation sites excluding steroid dienone is 2. The van der Waals surface area contributed by atoms with Crippen LogP contribution < -0.4 is 11.1 Å². The summed E-state index contributed by atoms with van der Waals surface area (Å²) < 4.78 is 0. The van der Waals surface area contributed by atoms with E-state index >= 15 is 0 Å². The van der Waals surface area contributed by atoms with E-state index in [1.54, 1.807) is 0 Å². The zero-order chi connectivity index (χ0) is 20.5. The average Bonchev–Trinajstić information content (AvgIpc) is 2.68. The Bertz CT molecular complexity index is 411. The first kappa shape index (κ1) is 25.2. The molecule has 0 bridgehead atoms. The predicted octanol–water partition coefficient (Wildman–Crippen LogP) is 5.38. The van der Waals surface area contributed by atoms with Gasteiger partial charge in [-0.3, -0.25) is 4.79 Å². The quantitative estimate of drug-likeness (QED) is 0.243. The van der Waals surface area contributed by atoms with Crippen LogP contribution in [0.4, 0.5) is 0 Å². The highest BCUT2D eigenvalue weighted by atomic mass is 16.3. The predicted molar refractivity (Wildman–Crippen MR) is 119 cm³/mol. The number of unbranched alkanes of at least 4 members (excludes halogenated alkanes) is 7. The van der Waals surface area contributed by atoms with Crippen LogP contribution in [0.2, 0.25) is 0 Å². The van der Waals surface area contributed by atoms with Gasteiger partial charge < -0.3 is 16.2 Å². The molecule has 28 heavy (non-hydrogen) atoms. The van der Waals surface area contributed by atoms with Gasteiger partial charge in [0.25, 0.3) is 0 Å². The average molecular weight is 395 g/mol. The summed E-state index contributed by atoms with van der Waals surface area (Å²) in [6.45, 7) is 2.23. The Morgan fingerprint density at radius 3 is 2.50 bits per heavy atom. The molecular weight excluding hydrogens is 348 g/mol. The fourth-order valence-corrected chi connectivity index (χ4v) is 3.99. The van der Waals surface area contributed by atoms with Gasteiger partial charge in [-0.2, -0.15) is 0 Å². The number of amides is 1. The SMILES string of the molecule is CCCCC/C=C\CC[C@H](O)CCCCCCCC(=O)NC1CCCCC1N. The minimum atomic E-state index is -0.161. The van der Waals surface area contributed by atoms with Crippen LogP contribution in [-0.4, -0.2) is 29.2 Å². The molecule has 0 radical (unpaired) electrons. The van der Waals surface area contributed by atoms with E-state index in [1.807, 2.05) is 0 Å². The van der Waals surface area contributed by atoms with Gasteiger partial charge in [-0.1, -0.05) is 70.4 Å². The number of nitrogens with two attached hydrogens (primary N) is 1. The van der Waals surface area contributed by atoms with Crippen molar-refractivity contribution in [2.24, 2.45) is 5.73 Å². The summed E-state index contributed by atoms with van der Waals surface area (Å²) in [6.07, 6.45) is 22.7. The lowest BCUT2D eigenvalue weighted by atomic mass is 9.91. The number of aliphatic hydroxyl groups excluding tert-OH is 1. The summed E-state index contributed by atoms with van der Waals surface area (Å²) in [4.78, 5) is 12.0. The molecule has 1 saturated carbocycles. The molecule has 1 rings (SSSR count). The number of nitrogens with one attached hydrogen (secondary N) is 1. The highest BCUT2D eigenvalue weighted by Gasteiger charge is 2.22. The fraction of sp³-hybridized carbons (Fsp3) is 0.875. The maximum absolute atomic E-state index is 12.0. The van der Waals surface area contributed by atoms with Crippen LogP contribution >= 0.6 is 0 Å². The molecule has 4 heteroatoms. The topological polar surface area (TPSA) is 75.3 Å². The molecule has 0 aromatic rings. The molecule has 1 fully saturated rings. The molecule has 1 aliphatic rings. The molecule has 0 heterocycles. The van der Waals surface area contributed by atoms with Gasteiger partial charge >= 0.3 is 0 Å². The highest BCUT2D eigenvalue weighted by Crippen LogP contribution is 2.17. The summed E-state index contributed by atoms with van der Waals surface area (Å²) in [7, 11) is 0. The zero-order valence-corrected chi connectivity index (χ0v) is 18.3. The Morgan fingerprint density at radius 1 is 1.00 bits per heavy atom. The van der Waals surface area contributed by atoms with E-state index in [4.69, 9.17) is 5.73 Å². The summed E-state index contributed by atoms with van der Waals surface area (Å²) >= 11 is 0. The molecule has 0 aromatic carbocycles. The lowest BCUT2D eigenvalue weighted by molar-refractivity contribution is -0.122. The van der Waals surface area contributed by atoms with Gasteiger partial charge in [-0.05, 0) is 51.4 Å². The summed E-state index contributed by atoms with van der Waals surface area (Å²) in [5, 5.41) is 13.2. The first-order chi connectivity index (χ1) is 13.6. The van der Waals surface area contributed by atoms with Gasteiger partial charge in [-0.25, -0.2) is 0 Å². The van der Waals surface area contributed by atoms with Crippen molar-refractivity contribution in [3.05, 3.63) is 12.2 Å². The lowest BCUT2D eigenvalue weighted by Crippen LogP contribution is -2.49. The Hall–Kier alpha value is -0.870. The van der Waals surface area contributed by atoms with Crippen molar-refractivity contribution in [3.8, 4) is 0 Å². The number of hydrogen-bond donors (Lipinski definition) is 3. The van der Waals surface area contributed by atoms with Crippen molar-refractivity contribution < 1.29 is 9.90 Å². The Kier molecular flexibility index (Phi) is 15.3. The van der Waals surface area contributed by atoms with E-state index in [-0.39, 0.29) is 24.1 Å². The molecule has 3 atom stereocenters. The van der Waals surface area contributed by atoms with E-state index in [1.165, 1.54) is 38.5 Å². The molecule has 4 N–H and O–H groups in total. The second-order valence-electron chi connectivity index (χ2n) is 8.63. The molecule has 0 spiro atoms. The Labute approximate surface area is 173 Å². The molecule has 1 amide bonds. The van der Waals surface area contributed by atoms with Gasteiger partial charge in [0, 0.05) is 18.5 Å². The van der Waals surface area contributed by atoms with E-state index in [9.17, 15) is 9.90 Å². The fourth-order valence-electron chi connectivity index (χ4n) is 3.99. The van der Waals surface area contributed by atoms with Crippen LogP contribution in [0.15, 0.2) is 12.2 Å². The van der Waals surface area contributed by atoms with E-state index in [0.717, 1.165) is 64.2 Å². The van der Waals surface area contributed by atoms with E-state index in [2.05, 4.69) is 24.4 Å². The third kappa shape index (κ3) is 13.3. The number of aliphatic hydroxyl groups is 1. The summed E-state index contributed by atoms with van der Waals surface area (Å²) in [5.74, 6) is 0.167. The van der Waals surface area contributed by atoms with Crippen molar-refractivity contribution in [2.45, 2.75) is 134 Å². The van der Waals surface area contributed by atoms with Crippen molar-refractivity contribution in [1.29, 1.82) is 0 Å². The number of hydrogen-bond acceptors (Lipinski definition) is 3. The second kappa shape index (κ2) is 17.0. The van der Waals surface area contributed by atoms with Crippen LogP contribution in [0.1, 0.15) is 116 Å². The minimum Gasteiger partial charge on any atom is -0.393 e. The summed E-state index contributed by atoms with van der Waals surface area (Å²) in [6, 6.07) is 0.328. The van der Waals surface area contributed by atoms with Crippen LogP contribution in [0.25, 0.3) is 0 Å². The van der Waals surface area contributed by atoms with Gasteiger partial charge in [0.15, 0.2) is 0 Å². The first-order valence-corrected chi connectivity index (χ1v) is 12.0.